The third-order valence-electron chi connectivity index (χ3n) is 3.32. The summed E-state index contributed by atoms with van der Waals surface area (Å²) in [6.07, 6.45) is 0. The van der Waals surface area contributed by atoms with E-state index in [1.807, 2.05) is 43.3 Å². The van der Waals surface area contributed by atoms with E-state index in [0.717, 1.165) is 5.56 Å². The Kier molecular flexibility index (Phi) is 5.81. The maximum Gasteiger partial charge on any atom is 0.238 e. The number of benzene rings is 2. The predicted molar refractivity (Wildman–Crippen MR) is 89.5 cm³/mol. The van der Waals surface area contributed by atoms with Crippen molar-refractivity contribution in [1.82, 2.24) is 5.32 Å². The van der Waals surface area contributed by atoms with Crippen LogP contribution in [0.3, 0.4) is 0 Å². The van der Waals surface area contributed by atoms with Crippen molar-refractivity contribution < 1.29 is 9.53 Å². The van der Waals surface area contributed by atoms with Crippen LogP contribution in [0.2, 0.25) is 5.02 Å². The minimum atomic E-state index is -0.136. The summed E-state index contributed by atoms with van der Waals surface area (Å²) in [6.45, 7) is 2.15. The van der Waals surface area contributed by atoms with E-state index in [2.05, 4.69) is 10.6 Å². The molecule has 116 valence electrons. The number of carbonyl (C=O) groups excluding carboxylic acids is 1. The van der Waals surface area contributed by atoms with Crippen LogP contribution >= 0.6 is 11.6 Å². The molecule has 0 bridgehead atoms. The van der Waals surface area contributed by atoms with Crippen LogP contribution in [-0.4, -0.2) is 19.6 Å². The van der Waals surface area contributed by atoms with Crippen LogP contribution in [0.15, 0.2) is 48.5 Å². The van der Waals surface area contributed by atoms with E-state index in [4.69, 9.17) is 16.3 Å². The maximum atomic E-state index is 12.0. The Morgan fingerprint density at radius 1 is 1.18 bits per heavy atom. The van der Waals surface area contributed by atoms with E-state index < -0.39 is 0 Å². The summed E-state index contributed by atoms with van der Waals surface area (Å²) in [5, 5.41) is 6.67. The zero-order chi connectivity index (χ0) is 15.9. The van der Waals surface area contributed by atoms with Crippen molar-refractivity contribution in [2.75, 3.05) is 19.0 Å². The first-order chi connectivity index (χ1) is 10.6. The number of rotatable bonds is 6. The Hall–Kier alpha value is -2.04. The van der Waals surface area contributed by atoms with Gasteiger partial charge in [-0.3, -0.25) is 4.79 Å². The molecular formula is C17H19ClN2O2. The summed E-state index contributed by atoms with van der Waals surface area (Å²) in [5.74, 6) is 0.499. The molecule has 22 heavy (non-hydrogen) atoms. The smallest absolute Gasteiger partial charge is 0.238 e. The number of para-hydroxylation sites is 2. The zero-order valence-corrected chi connectivity index (χ0v) is 13.4. The lowest BCUT2D eigenvalue weighted by atomic mass is 10.1. The summed E-state index contributed by atoms with van der Waals surface area (Å²) >= 11 is 6.15. The van der Waals surface area contributed by atoms with Crippen LogP contribution in [0.25, 0.3) is 0 Å². The van der Waals surface area contributed by atoms with Gasteiger partial charge in [0.05, 0.1) is 19.3 Å². The van der Waals surface area contributed by atoms with Crippen molar-refractivity contribution in [2.45, 2.75) is 13.0 Å². The Balaban J connectivity index is 1.92. The second-order valence-electron chi connectivity index (χ2n) is 4.87. The van der Waals surface area contributed by atoms with E-state index >= 15 is 0 Å². The summed E-state index contributed by atoms with van der Waals surface area (Å²) in [4.78, 5) is 12.0. The van der Waals surface area contributed by atoms with Gasteiger partial charge in [-0.15, -0.1) is 0 Å². The fraction of sp³-hybridized carbons (Fsp3) is 0.235. The van der Waals surface area contributed by atoms with Gasteiger partial charge in [0.25, 0.3) is 0 Å². The molecule has 0 saturated heterocycles. The number of carbonyl (C=O) groups is 1. The number of ether oxygens (including phenoxy) is 1. The first-order valence-corrected chi connectivity index (χ1v) is 7.40. The lowest BCUT2D eigenvalue weighted by Crippen LogP contribution is -2.30. The Morgan fingerprint density at radius 3 is 2.59 bits per heavy atom. The lowest BCUT2D eigenvalue weighted by molar-refractivity contribution is -0.115. The second-order valence-corrected chi connectivity index (χ2v) is 5.28. The molecule has 0 aromatic heterocycles. The molecule has 0 aliphatic heterocycles. The molecule has 1 atom stereocenters. The van der Waals surface area contributed by atoms with Crippen molar-refractivity contribution >= 4 is 23.2 Å². The SMILES string of the molecule is COc1ccccc1NC(=O)CN[C@H](C)c1ccccc1Cl. The number of nitrogens with one attached hydrogen (secondary N) is 2. The van der Waals surface area contributed by atoms with Gasteiger partial charge in [0.15, 0.2) is 0 Å². The van der Waals surface area contributed by atoms with Gasteiger partial charge in [-0.1, -0.05) is 41.9 Å². The molecule has 0 aliphatic rings. The molecule has 0 radical (unpaired) electrons. The van der Waals surface area contributed by atoms with Gasteiger partial charge >= 0.3 is 0 Å². The largest absolute Gasteiger partial charge is 0.495 e. The molecule has 0 unspecified atom stereocenters. The molecule has 0 spiro atoms. The lowest BCUT2D eigenvalue weighted by Gasteiger charge is -2.16. The van der Waals surface area contributed by atoms with Crippen LogP contribution < -0.4 is 15.4 Å². The predicted octanol–water partition coefficient (Wildman–Crippen LogP) is 3.64. The molecule has 0 heterocycles. The molecule has 1 amide bonds. The molecule has 0 fully saturated rings. The minimum absolute atomic E-state index is 0.0166. The Morgan fingerprint density at radius 2 is 1.86 bits per heavy atom. The van der Waals surface area contributed by atoms with Crippen molar-refractivity contribution in [3.63, 3.8) is 0 Å². The molecule has 2 rings (SSSR count). The summed E-state index contributed by atoms with van der Waals surface area (Å²) in [6, 6.07) is 14.9. The van der Waals surface area contributed by atoms with Gasteiger partial charge in [-0.05, 0) is 30.7 Å². The fourth-order valence-electron chi connectivity index (χ4n) is 2.12. The van der Waals surface area contributed by atoms with Gasteiger partial charge in [-0.2, -0.15) is 0 Å². The van der Waals surface area contributed by atoms with Crippen LogP contribution in [0, 0.1) is 0 Å². The average Bonchev–Trinajstić information content (AvgIpc) is 2.53. The monoisotopic (exact) mass is 318 g/mol. The van der Waals surface area contributed by atoms with Gasteiger partial charge in [-0.25, -0.2) is 0 Å². The zero-order valence-electron chi connectivity index (χ0n) is 12.6. The van der Waals surface area contributed by atoms with Gasteiger partial charge in [0.1, 0.15) is 5.75 Å². The van der Waals surface area contributed by atoms with E-state index in [9.17, 15) is 4.79 Å². The van der Waals surface area contributed by atoms with Crippen molar-refractivity contribution in [2.24, 2.45) is 0 Å². The number of amides is 1. The maximum absolute atomic E-state index is 12.0. The third-order valence-corrected chi connectivity index (χ3v) is 3.67. The highest BCUT2D eigenvalue weighted by Gasteiger charge is 2.11. The van der Waals surface area contributed by atoms with E-state index in [1.165, 1.54) is 0 Å². The number of hydrogen-bond donors (Lipinski definition) is 2. The number of hydrogen-bond acceptors (Lipinski definition) is 3. The van der Waals surface area contributed by atoms with Crippen molar-refractivity contribution in [3.8, 4) is 5.75 Å². The first-order valence-electron chi connectivity index (χ1n) is 7.02. The molecular weight excluding hydrogens is 300 g/mol. The highest BCUT2D eigenvalue weighted by atomic mass is 35.5. The van der Waals surface area contributed by atoms with E-state index in [-0.39, 0.29) is 18.5 Å². The van der Waals surface area contributed by atoms with E-state index in [0.29, 0.717) is 16.5 Å². The molecule has 0 aliphatic carbocycles. The summed E-state index contributed by atoms with van der Waals surface area (Å²) in [7, 11) is 1.57. The normalized spacial score (nSPS) is 11.8. The quantitative estimate of drug-likeness (QED) is 0.855. The minimum Gasteiger partial charge on any atom is -0.495 e. The second kappa shape index (κ2) is 7.82. The summed E-state index contributed by atoms with van der Waals surface area (Å²) in [5.41, 5.74) is 1.62. The van der Waals surface area contributed by atoms with Crippen LogP contribution in [0.5, 0.6) is 5.75 Å². The molecule has 2 aromatic rings. The molecule has 5 heteroatoms. The van der Waals surface area contributed by atoms with Crippen LogP contribution in [0.4, 0.5) is 5.69 Å². The van der Waals surface area contributed by atoms with Crippen LogP contribution in [-0.2, 0) is 4.79 Å². The van der Waals surface area contributed by atoms with Gasteiger partial charge in [0.2, 0.25) is 5.91 Å². The van der Waals surface area contributed by atoms with E-state index in [1.54, 1.807) is 19.2 Å². The fourth-order valence-corrected chi connectivity index (χ4v) is 2.42. The first kappa shape index (κ1) is 16.3. The molecule has 0 saturated carbocycles. The highest BCUT2D eigenvalue weighted by molar-refractivity contribution is 6.31. The highest BCUT2D eigenvalue weighted by Crippen LogP contribution is 2.23. The standard InChI is InChI=1S/C17H19ClN2O2/c1-12(13-7-3-4-8-14(13)18)19-11-17(21)20-15-9-5-6-10-16(15)22-2/h3-10,12,19H,11H2,1-2H3,(H,20,21)/t12-/m1/s1. The Bertz CT molecular complexity index is 646. The third kappa shape index (κ3) is 4.23. The summed E-state index contributed by atoms with van der Waals surface area (Å²) < 4.78 is 5.20. The van der Waals surface area contributed by atoms with Crippen molar-refractivity contribution in [1.29, 1.82) is 0 Å². The van der Waals surface area contributed by atoms with Gasteiger partial charge in [0, 0.05) is 11.1 Å². The number of halogens is 1. The molecule has 2 aromatic carbocycles. The molecule has 4 nitrogen and oxygen atoms in total. The van der Waals surface area contributed by atoms with Crippen molar-refractivity contribution in [3.05, 3.63) is 59.1 Å². The number of methoxy groups -OCH3 is 1. The average molecular weight is 319 g/mol. The van der Waals surface area contributed by atoms with Crippen LogP contribution in [0.1, 0.15) is 18.5 Å². The topological polar surface area (TPSA) is 50.4 Å². The molecule has 2 N–H and O–H groups in total. The Labute approximate surface area is 135 Å². The van der Waals surface area contributed by atoms with Gasteiger partial charge < -0.3 is 15.4 Å². The number of anilines is 1.